The molecule has 4 nitrogen and oxygen atoms in total. The first-order valence-electron chi connectivity index (χ1n) is 9.83. The van der Waals surface area contributed by atoms with Crippen molar-refractivity contribution in [3.05, 3.63) is 93.7 Å². The summed E-state index contributed by atoms with van der Waals surface area (Å²) in [5.74, 6) is 0.966. The lowest BCUT2D eigenvalue weighted by Gasteiger charge is -2.17. The summed E-state index contributed by atoms with van der Waals surface area (Å²) in [4.78, 5) is 0. The van der Waals surface area contributed by atoms with Gasteiger partial charge in [0.1, 0.15) is 12.4 Å². The topological polar surface area (TPSA) is 50.7 Å². The highest BCUT2D eigenvalue weighted by molar-refractivity contribution is 9.10. The molecule has 3 aromatic rings. The van der Waals surface area contributed by atoms with Crippen LogP contribution in [0.4, 0.5) is 4.39 Å². The zero-order chi connectivity index (χ0) is 21.3. The third-order valence-electron chi connectivity index (χ3n) is 4.52. The average Bonchev–Trinajstić information content (AvgIpc) is 2.75. The zero-order valence-electron chi connectivity index (χ0n) is 16.8. The van der Waals surface area contributed by atoms with E-state index < -0.39 is 6.10 Å². The molecule has 0 aliphatic rings. The Morgan fingerprint density at radius 3 is 2.43 bits per heavy atom. The molecule has 0 saturated heterocycles. The molecule has 3 aromatic carbocycles. The molecule has 0 heterocycles. The Kier molecular flexibility index (Phi) is 8.25. The first-order valence-corrected chi connectivity index (χ1v) is 10.6. The van der Waals surface area contributed by atoms with Crippen LogP contribution in [0.25, 0.3) is 0 Å². The second-order valence-corrected chi connectivity index (χ2v) is 7.66. The number of hydrogen-bond acceptors (Lipinski definition) is 4. The van der Waals surface area contributed by atoms with Crippen molar-refractivity contribution in [2.45, 2.75) is 26.2 Å². The van der Waals surface area contributed by atoms with Crippen LogP contribution in [0.5, 0.6) is 11.5 Å². The van der Waals surface area contributed by atoms with E-state index in [0.29, 0.717) is 37.8 Å². The van der Waals surface area contributed by atoms with Crippen LogP contribution in [0.2, 0.25) is 0 Å². The summed E-state index contributed by atoms with van der Waals surface area (Å²) >= 11 is 3.57. The Labute approximate surface area is 184 Å². The Morgan fingerprint density at radius 1 is 1.00 bits per heavy atom. The SMILES string of the molecule is CCOc1cc(CNCC(O)c2ccccc2)cc(Br)c1OCc1ccc(F)cc1. The van der Waals surface area contributed by atoms with Crippen molar-refractivity contribution in [1.82, 2.24) is 5.32 Å². The maximum absolute atomic E-state index is 13.1. The quantitative estimate of drug-likeness (QED) is 0.414. The highest BCUT2D eigenvalue weighted by Gasteiger charge is 2.13. The van der Waals surface area contributed by atoms with Crippen LogP contribution < -0.4 is 14.8 Å². The van der Waals surface area contributed by atoms with Crippen molar-refractivity contribution in [3.63, 3.8) is 0 Å². The second-order valence-electron chi connectivity index (χ2n) is 6.81. The summed E-state index contributed by atoms with van der Waals surface area (Å²) in [7, 11) is 0. The van der Waals surface area contributed by atoms with E-state index in [4.69, 9.17) is 9.47 Å². The number of nitrogens with one attached hydrogen (secondary N) is 1. The smallest absolute Gasteiger partial charge is 0.175 e. The molecule has 0 fully saturated rings. The standard InChI is InChI=1S/C24H25BrFNO3/c1-2-29-23-13-18(14-27-15-22(28)19-6-4-3-5-7-19)12-21(25)24(23)30-16-17-8-10-20(26)11-9-17/h3-13,22,27-28H,2,14-16H2,1H3. The van der Waals surface area contributed by atoms with Crippen LogP contribution in [0.1, 0.15) is 29.7 Å². The van der Waals surface area contributed by atoms with Crippen molar-refractivity contribution in [2.24, 2.45) is 0 Å². The fourth-order valence-electron chi connectivity index (χ4n) is 3.01. The minimum Gasteiger partial charge on any atom is -0.490 e. The van der Waals surface area contributed by atoms with Crippen molar-refractivity contribution in [3.8, 4) is 11.5 Å². The van der Waals surface area contributed by atoms with E-state index in [-0.39, 0.29) is 5.82 Å². The predicted molar refractivity (Wildman–Crippen MR) is 119 cm³/mol. The molecule has 1 unspecified atom stereocenters. The normalized spacial score (nSPS) is 11.9. The molecule has 0 saturated carbocycles. The van der Waals surface area contributed by atoms with Crippen LogP contribution in [0, 0.1) is 5.82 Å². The van der Waals surface area contributed by atoms with Crippen LogP contribution in [0.15, 0.2) is 71.2 Å². The van der Waals surface area contributed by atoms with E-state index in [1.807, 2.05) is 49.4 Å². The van der Waals surface area contributed by atoms with E-state index in [9.17, 15) is 9.50 Å². The summed E-state index contributed by atoms with van der Waals surface area (Å²) in [6.07, 6.45) is -0.570. The Hall–Kier alpha value is -2.41. The third-order valence-corrected chi connectivity index (χ3v) is 5.11. The number of rotatable bonds is 10. The Balaban J connectivity index is 1.64. The molecule has 6 heteroatoms. The third kappa shape index (κ3) is 6.29. The highest BCUT2D eigenvalue weighted by Crippen LogP contribution is 2.37. The second kappa shape index (κ2) is 11.1. The van der Waals surface area contributed by atoms with E-state index in [2.05, 4.69) is 21.2 Å². The summed E-state index contributed by atoms with van der Waals surface area (Å²) in [5.41, 5.74) is 2.75. The van der Waals surface area contributed by atoms with E-state index >= 15 is 0 Å². The summed E-state index contributed by atoms with van der Waals surface area (Å²) in [6.45, 7) is 3.73. The summed E-state index contributed by atoms with van der Waals surface area (Å²) in [5, 5.41) is 13.6. The van der Waals surface area contributed by atoms with Gasteiger partial charge in [-0.3, -0.25) is 0 Å². The van der Waals surface area contributed by atoms with Gasteiger partial charge < -0.3 is 19.9 Å². The van der Waals surface area contributed by atoms with Crippen molar-refractivity contribution in [2.75, 3.05) is 13.2 Å². The lowest BCUT2D eigenvalue weighted by Crippen LogP contribution is -2.21. The van der Waals surface area contributed by atoms with Gasteiger partial charge in [-0.15, -0.1) is 0 Å². The Morgan fingerprint density at radius 2 is 1.73 bits per heavy atom. The molecule has 158 valence electrons. The minimum absolute atomic E-state index is 0.274. The monoisotopic (exact) mass is 473 g/mol. The van der Waals surface area contributed by atoms with Gasteiger partial charge in [-0.2, -0.15) is 0 Å². The number of benzene rings is 3. The number of halogens is 2. The van der Waals surface area contributed by atoms with Crippen LogP contribution in [-0.2, 0) is 13.2 Å². The highest BCUT2D eigenvalue weighted by atomic mass is 79.9. The molecule has 2 N–H and O–H groups in total. The predicted octanol–water partition coefficient (Wildman–Crippen LogP) is 5.39. The molecule has 0 aliphatic carbocycles. The number of ether oxygens (including phenoxy) is 2. The first-order chi connectivity index (χ1) is 14.6. The lowest BCUT2D eigenvalue weighted by atomic mass is 10.1. The van der Waals surface area contributed by atoms with Gasteiger partial charge in [0.2, 0.25) is 0 Å². The molecule has 0 radical (unpaired) electrons. The summed E-state index contributed by atoms with van der Waals surface area (Å²) in [6, 6.07) is 19.7. The van der Waals surface area contributed by atoms with Crippen LogP contribution in [-0.4, -0.2) is 18.3 Å². The fraction of sp³-hybridized carbons (Fsp3) is 0.250. The molecule has 30 heavy (non-hydrogen) atoms. The molecule has 0 aliphatic heterocycles. The van der Waals surface area contributed by atoms with E-state index in [1.54, 1.807) is 12.1 Å². The van der Waals surface area contributed by atoms with Gasteiger partial charge in [-0.1, -0.05) is 42.5 Å². The fourth-order valence-corrected chi connectivity index (χ4v) is 3.61. The van der Waals surface area contributed by atoms with Crippen molar-refractivity contribution in [1.29, 1.82) is 0 Å². The van der Waals surface area contributed by atoms with Crippen LogP contribution >= 0.6 is 15.9 Å². The van der Waals surface area contributed by atoms with Gasteiger partial charge in [-0.05, 0) is 63.8 Å². The Bertz CT molecular complexity index is 935. The number of aliphatic hydroxyl groups is 1. The van der Waals surface area contributed by atoms with Crippen LogP contribution in [0.3, 0.4) is 0 Å². The lowest BCUT2D eigenvalue weighted by molar-refractivity contribution is 0.174. The van der Waals surface area contributed by atoms with Gasteiger partial charge in [0.15, 0.2) is 11.5 Å². The largest absolute Gasteiger partial charge is 0.490 e. The van der Waals surface area contributed by atoms with E-state index in [1.165, 1.54) is 12.1 Å². The van der Waals surface area contributed by atoms with Crippen molar-refractivity contribution >= 4 is 15.9 Å². The minimum atomic E-state index is -0.570. The van der Waals surface area contributed by atoms with Gasteiger partial charge in [0.25, 0.3) is 0 Å². The van der Waals surface area contributed by atoms with Gasteiger partial charge in [0, 0.05) is 13.1 Å². The van der Waals surface area contributed by atoms with Gasteiger partial charge >= 0.3 is 0 Å². The zero-order valence-corrected chi connectivity index (χ0v) is 18.4. The molecule has 0 bridgehead atoms. The van der Waals surface area contributed by atoms with Crippen molar-refractivity contribution < 1.29 is 19.0 Å². The molecule has 1 atom stereocenters. The molecular weight excluding hydrogens is 449 g/mol. The molecular formula is C24H25BrFNO3. The molecule has 0 aromatic heterocycles. The number of hydrogen-bond donors (Lipinski definition) is 2. The molecule has 0 spiro atoms. The molecule has 3 rings (SSSR count). The molecule has 0 amide bonds. The van der Waals surface area contributed by atoms with Gasteiger partial charge in [0.05, 0.1) is 17.2 Å². The van der Waals surface area contributed by atoms with Gasteiger partial charge in [-0.25, -0.2) is 4.39 Å². The summed E-state index contributed by atoms with van der Waals surface area (Å²) < 4.78 is 25.6. The maximum atomic E-state index is 13.1. The van der Waals surface area contributed by atoms with E-state index in [0.717, 1.165) is 21.2 Å². The number of aliphatic hydroxyl groups excluding tert-OH is 1. The maximum Gasteiger partial charge on any atom is 0.175 e. The average molecular weight is 474 g/mol. The first kappa shape index (κ1) is 22.3.